The summed E-state index contributed by atoms with van der Waals surface area (Å²) in [4.78, 5) is 10.6. The zero-order chi connectivity index (χ0) is 12.0. The molecule has 0 saturated heterocycles. The van der Waals surface area contributed by atoms with Crippen molar-refractivity contribution < 1.29 is 9.53 Å². The van der Waals surface area contributed by atoms with Crippen molar-refractivity contribution in [1.29, 1.82) is 0 Å². The Hall–Kier alpha value is -1.54. The number of carbonyl (C=O) groups is 1. The highest BCUT2D eigenvalue weighted by Gasteiger charge is 1.94. The van der Waals surface area contributed by atoms with Crippen molar-refractivity contribution in [2.45, 2.75) is 6.92 Å². The summed E-state index contributed by atoms with van der Waals surface area (Å²) in [7, 11) is 0. The van der Waals surface area contributed by atoms with Gasteiger partial charge < -0.3 is 4.74 Å². The largest absolute Gasteiger partial charge is 0.461 e. The quantitative estimate of drug-likeness (QED) is 0.591. The molecule has 0 spiro atoms. The van der Waals surface area contributed by atoms with Crippen molar-refractivity contribution >= 4 is 23.6 Å². The van der Waals surface area contributed by atoms with Gasteiger partial charge in [0.15, 0.2) is 0 Å². The van der Waals surface area contributed by atoms with Gasteiger partial charge in [-0.05, 0) is 23.3 Å². The Labute approximate surface area is 100 Å². The third-order valence-corrected chi connectivity index (χ3v) is 2.09. The van der Waals surface area contributed by atoms with Gasteiger partial charge >= 0.3 is 5.97 Å². The van der Waals surface area contributed by atoms with Crippen LogP contribution >= 0.6 is 11.6 Å². The molecule has 0 unspecified atom stereocenters. The van der Waals surface area contributed by atoms with Crippen LogP contribution in [-0.4, -0.2) is 12.6 Å². The van der Waals surface area contributed by atoms with Crippen LogP contribution in [-0.2, 0) is 9.53 Å². The minimum Gasteiger partial charge on any atom is -0.461 e. The standard InChI is InChI=1S/C13H13ClO2/c1-10(9-16-11(2)15)3-4-12-5-7-13(14)8-6-12/h3-8H,1,9H2,2H3/b4-3+. The molecule has 1 rings (SSSR count). The summed E-state index contributed by atoms with van der Waals surface area (Å²) < 4.78 is 4.80. The fourth-order valence-electron chi connectivity index (χ4n) is 1.03. The molecule has 0 saturated carbocycles. The molecule has 1 aromatic rings. The Bertz CT molecular complexity index is 404. The number of esters is 1. The molecule has 0 bridgehead atoms. The molecule has 0 fully saturated rings. The van der Waals surface area contributed by atoms with Crippen LogP contribution < -0.4 is 0 Å². The number of benzene rings is 1. The minimum absolute atomic E-state index is 0.222. The van der Waals surface area contributed by atoms with E-state index in [4.69, 9.17) is 16.3 Å². The molecule has 0 heterocycles. The molecule has 0 aliphatic rings. The van der Waals surface area contributed by atoms with E-state index in [1.54, 1.807) is 0 Å². The van der Waals surface area contributed by atoms with Crippen molar-refractivity contribution in [1.82, 2.24) is 0 Å². The Morgan fingerprint density at radius 1 is 1.44 bits per heavy atom. The van der Waals surface area contributed by atoms with Gasteiger partial charge in [0.1, 0.15) is 6.61 Å². The number of ether oxygens (including phenoxy) is 1. The van der Waals surface area contributed by atoms with Gasteiger partial charge in [0.05, 0.1) is 0 Å². The Kier molecular flexibility index (Phi) is 4.80. The summed E-state index contributed by atoms with van der Waals surface area (Å²) in [5.74, 6) is -0.305. The van der Waals surface area contributed by atoms with Crippen LogP contribution in [0.1, 0.15) is 12.5 Å². The van der Waals surface area contributed by atoms with Crippen molar-refractivity contribution in [3.63, 3.8) is 0 Å². The van der Waals surface area contributed by atoms with Gasteiger partial charge in [-0.25, -0.2) is 0 Å². The average Bonchev–Trinajstić information content (AvgIpc) is 2.25. The smallest absolute Gasteiger partial charge is 0.302 e. The van der Waals surface area contributed by atoms with Crippen molar-refractivity contribution in [3.8, 4) is 0 Å². The second-order valence-corrected chi connectivity index (χ2v) is 3.76. The molecule has 16 heavy (non-hydrogen) atoms. The third-order valence-electron chi connectivity index (χ3n) is 1.84. The van der Waals surface area contributed by atoms with E-state index in [0.29, 0.717) is 5.02 Å². The van der Waals surface area contributed by atoms with Gasteiger partial charge in [-0.2, -0.15) is 0 Å². The van der Waals surface area contributed by atoms with Crippen LogP contribution in [0.3, 0.4) is 0 Å². The van der Waals surface area contributed by atoms with Crippen LogP contribution in [0.4, 0.5) is 0 Å². The van der Waals surface area contributed by atoms with E-state index in [1.165, 1.54) is 6.92 Å². The average molecular weight is 237 g/mol. The van der Waals surface area contributed by atoms with Crippen LogP contribution in [0.25, 0.3) is 6.08 Å². The van der Waals surface area contributed by atoms with E-state index in [9.17, 15) is 4.79 Å². The summed E-state index contributed by atoms with van der Waals surface area (Å²) in [6.45, 7) is 5.36. The number of halogens is 1. The summed E-state index contributed by atoms with van der Waals surface area (Å²) in [6, 6.07) is 7.43. The fourth-order valence-corrected chi connectivity index (χ4v) is 1.16. The summed E-state index contributed by atoms with van der Waals surface area (Å²) >= 11 is 5.76. The molecule has 1 aromatic carbocycles. The summed E-state index contributed by atoms with van der Waals surface area (Å²) in [5, 5.41) is 0.705. The lowest BCUT2D eigenvalue weighted by Gasteiger charge is -2.00. The molecule has 0 atom stereocenters. The molecular weight excluding hydrogens is 224 g/mol. The number of hydrogen-bond acceptors (Lipinski definition) is 2. The lowest BCUT2D eigenvalue weighted by Crippen LogP contribution is -2.00. The van der Waals surface area contributed by atoms with E-state index in [0.717, 1.165) is 11.1 Å². The lowest BCUT2D eigenvalue weighted by molar-refractivity contribution is -0.139. The molecule has 0 radical (unpaired) electrons. The predicted molar refractivity (Wildman–Crippen MR) is 66.3 cm³/mol. The highest BCUT2D eigenvalue weighted by atomic mass is 35.5. The molecule has 3 heteroatoms. The maximum atomic E-state index is 10.6. The van der Waals surface area contributed by atoms with E-state index in [-0.39, 0.29) is 12.6 Å². The SMILES string of the molecule is C=C(/C=C/c1ccc(Cl)cc1)COC(C)=O. The Balaban J connectivity index is 2.50. The van der Waals surface area contributed by atoms with Gasteiger partial charge in [-0.15, -0.1) is 0 Å². The van der Waals surface area contributed by atoms with Crippen LogP contribution in [0, 0.1) is 0 Å². The second-order valence-electron chi connectivity index (χ2n) is 3.32. The van der Waals surface area contributed by atoms with E-state index >= 15 is 0 Å². The molecule has 2 nitrogen and oxygen atoms in total. The highest BCUT2D eigenvalue weighted by Crippen LogP contribution is 2.11. The van der Waals surface area contributed by atoms with Crippen molar-refractivity contribution in [2.24, 2.45) is 0 Å². The van der Waals surface area contributed by atoms with Crippen molar-refractivity contribution in [2.75, 3.05) is 6.61 Å². The molecule has 0 aliphatic carbocycles. The summed E-state index contributed by atoms with van der Waals surface area (Å²) in [6.07, 6.45) is 3.70. The number of hydrogen-bond donors (Lipinski definition) is 0. The molecule has 0 aromatic heterocycles. The predicted octanol–water partition coefficient (Wildman–Crippen LogP) is 3.47. The number of carbonyl (C=O) groups excluding carboxylic acids is 1. The summed E-state index contributed by atoms with van der Waals surface area (Å²) in [5.41, 5.74) is 1.76. The maximum Gasteiger partial charge on any atom is 0.302 e. The van der Waals surface area contributed by atoms with E-state index in [1.807, 2.05) is 36.4 Å². The van der Waals surface area contributed by atoms with E-state index < -0.39 is 0 Å². The first-order valence-electron chi connectivity index (χ1n) is 4.83. The molecule has 0 N–H and O–H groups in total. The monoisotopic (exact) mass is 236 g/mol. The Morgan fingerprint density at radius 3 is 2.62 bits per heavy atom. The van der Waals surface area contributed by atoms with Crippen LogP contribution in [0.5, 0.6) is 0 Å². The van der Waals surface area contributed by atoms with Gasteiger partial charge in [-0.3, -0.25) is 4.79 Å². The van der Waals surface area contributed by atoms with Gasteiger partial charge in [-0.1, -0.05) is 42.5 Å². The highest BCUT2D eigenvalue weighted by molar-refractivity contribution is 6.30. The topological polar surface area (TPSA) is 26.3 Å². The van der Waals surface area contributed by atoms with Gasteiger partial charge in [0, 0.05) is 11.9 Å². The van der Waals surface area contributed by atoms with Gasteiger partial charge in [0.2, 0.25) is 0 Å². The second kappa shape index (κ2) is 6.13. The lowest BCUT2D eigenvalue weighted by atomic mass is 10.2. The minimum atomic E-state index is -0.305. The molecule has 0 amide bonds. The van der Waals surface area contributed by atoms with Crippen molar-refractivity contribution in [3.05, 3.63) is 53.1 Å². The number of rotatable bonds is 4. The third kappa shape index (κ3) is 4.80. The van der Waals surface area contributed by atoms with E-state index in [2.05, 4.69) is 6.58 Å². The van der Waals surface area contributed by atoms with Crippen LogP contribution in [0.15, 0.2) is 42.5 Å². The van der Waals surface area contributed by atoms with Crippen LogP contribution in [0.2, 0.25) is 5.02 Å². The first-order chi connectivity index (χ1) is 7.58. The van der Waals surface area contributed by atoms with Gasteiger partial charge in [0.25, 0.3) is 0 Å². The first-order valence-corrected chi connectivity index (χ1v) is 5.20. The molecule has 0 aliphatic heterocycles. The molecular formula is C13H13ClO2. The fraction of sp³-hybridized carbons (Fsp3) is 0.154. The zero-order valence-electron chi connectivity index (χ0n) is 9.07. The zero-order valence-corrected chi connectivity index (χ0v) is 9.83. The maximum absolute atomic E-state index is 10.6. The Morgan fingerprint density at radius 2 is 2.06 bits per heavy atom. The first kappa shape index (κ1) is 12.5. The normalized spacial score (nSPS) is 10.4. The molecule has 84 valence electrons.